The van der Waals surface area contributed by atoms with Gasteiger partial charge in [-0.05, 0) is 61.6 Å². The number of aromatic nitrogens is 1. The smallest absolute Gasteiger partial charge is 0.244 e. The molecule has 3 aromatic rings. The Morgan fingerprint density at radius 3 is 2.65 bits per heavy atom. The van der Waals surface area contributed by atoms with Crippen molar-refractivity contribution in [2.24, 2.45) is 0 Å². The first-order chi connectivity index (χ1) is 17.8. The molecule has 1 aromatic heterocycles. The molecule has 1 fully saturated rings. The lowest BCUT2D eigenvalue weighted by atomic mass is 9.79. The molecule has 2 aromatic carbocycles. The van der Waals surface area contributed by atoms with E-state index in [-0.39, 0.29) is 30.3 Å². The van der Waals surface area contributed by atoms with Gasteiger partial charge in [0.25, 0.3) is 0 Å². The zero-order valence-electron chi connectivity index (χ0n) is 20.9. The van der Waals surface area contributed by atoms with Gasteiger partial charge in [-0.25, -0.2) is 4.98 Å². The lowest BCUT2D eigenvalue weighted by molar-refractivity contribution is -0.146. The Morgan fingerprint density at radius 2 is 1.84 bits per heavy atom. The van der Waals surface area contributed by atoms with E-state index < -0.39 is 11.0 Å². The van der Waals surface area contributed by atoms with Gasteiger partial charge in [0.2, 0.25) is 17.7 Å². The first-order valence-electron chi connectivity index (χ1n) is 12.6. The van der Waals surface area contributed by atoms with Crippen molar-refractivity contribution in [3.8, 4) is 0 Å². The van der Waals surface area contributed by atoms with E-state index in [1.54, 1.807) is 11.1 Å². The second-order valence-electron chi connectivity index (χ2n) is 10.7. The summed E-state index contributed by atoms with van der Waals surface area (Å²) in [6, 6.07) is 19.1. The number of piperazine rings is 1. The number of pyridine rings is 1. The molecule has 3 N–H and O–H groups in total. The molecule has 2 unspecified atom stereocenters. The summed E-state index contributed by atoms with van der Waals surface area (Å²) in [4.78, 5) is 45.4. The highest BCUT2D eigenvalue weighted by molar-refractivity contribution is 6.06. The Labute approximate surface area is 215 Å². The van der Waals surface area contributed by atoms with Gasteiger partial charge in [-0.15, -0.1) is 0 Å². The van der Waals surface area contributed by atoms with Crippen molar-refractivity contribution < 1.29 is 14.4 Å². The number of nitrogens with zero attached hydrogens (tertiary/aromatic N) is 2. The highest BCUT2D eigenvalue weighted by Crippen LogP contribution is 2.47. The monoisotopic (exact) mass is 495 g/mol. The van der Waals surface area contributed by atoms with Crippen molar-refractivity contribution in [2.75, 3.05) is 23.7 Å². The van der Waals surface area contributed by atoms with E-state index in [1.165, 1.54) is 0 Å². The van der Waals surface area contributed by atoms with Crippen molar-refractivity contribution >= 4 is 29.2 Å². The van der Waals surface area contributed by atoms with Gasteiger partial charge in [0, 0.05) is 24.0 Å². The lowest BCUT2D eigenvalue weighted by Gasteiger charge is -2.43. The molecule has 0 saturated carbocycles. The van der Waals surface area contributed by atoms with Crippen molar-refractivity contribution in [1.82, 2.24) is 15.2 Å². The third-order valence-electron chi connectivity index (χ3n) is 7.87. The molecule has 6 rings (SSSR count). The van der Waals surface area contributed by atoms with Gasteiger partial charge in [0.15, 0.2) is 0 Å². The van der Waals surface area contributed by atoms with Crippen molar-refractivity contribution in [3.05, 3.63) is 89.1 Å². The number of amides is 3. The quantitative estimate of drug-likeness (QED) is 0.517. The minimum Gasteiger partial charge on any atom is -0.325 e. The van der Waals surface area contributed by atoms with Crippen molar-refractivity contribution in [2.45, 2.75) is 43.7 Å². The molecule has 3 heterocycles. The Kier molecular flexibility index (Phi) is 5.38. The van der Waals surface area contributed by atoms with Crippen LogP contribution in [-0.2, 0) is 32.6 Å². The Balaban J connectivity index is 1.20. The third kappa shape index (κ3) is 3.88. The maximum absolute atomic E-state index is 13.3. The molecule has 1 saturated heterocycles. The van der Waals surface area contributed by atoms with E-state index in [0.29, 0.717) is 30.9 Å². The van der Waals surface area contributed by atoms with Crippen LogP contribution in [-0.4, -0.2) is 46.2 Å². The number of hydrogen-bond donors (Lipinski definition) is 3. The fourth-order valence-corrected chi connectivity index (χ4v) is 5.89. The molecular formula is C29H29N5O3. The van der Waals surface area contributed by atoms with Crippen molar-refractivity contribution in [1.29, 1.82) is 0 Å². The van der Waals surface area contributed by atoms with Crippen LogP contribution in [0.1, 0.15) is 42.1 Å². The van der Waals surface area contributed by atoms with Crippen molar-refractivity contribution in [3.63, 3.8) is 0 Å². The summed E-state index contributed by atoms with van der Waals surface area (Å²) in [5, 5.41) is 9.22. The van der Waals surface area contributed by atoms with E-state index in [9.17, 15) is 14.4 Å². The normalized spacial score (nSPS) is 23.5. The lowest BCUT2D eigenvalue weighted by Crippen LogP contribution is -2.63. The summed E-state index contributed by atoms with van der Waals surface area (Å²) in [6.45, 7) is 4.19. The molecule has 37 heavy (non-hydrogen) atoms. The third-order valence-corrected chi connectivity index (χ3v) is 7.87. The minimum atomic E-state index is -0.750. The van der Waals surface area contributed by atoms with Crippen LogP contribution >= 0.6 is 0 Å². The van der Waals surface area contributed by atoms with Crippen LogP contribution in [0.4, 0.5) is 11.5 Å². The number of carbonyl (C=O) groups is 3. The SMILES string of the molecule is CC1(C)NCC(c2ccccc2)N(CC(=O)Nc2ccc3c(c2)CC2(C3)C(=O)Nc3ncccc32)C1=O. The maximum atomic E-state index is 13.3. The summed E-state index contributed by atoms with van der Waals surface area (Å²) in [7, 11) is 0. The largest absolute Gasteiger partial charge is 0.325 e. The molecule has 0 radical (unpaired) electrons. The summed E-state index contributed by atoms with van der Waals surface area (Å²) < 4.78 is 0. The standard InChI is InChI=1S/C29H29N5O3/c1-28(2)27(37)34(23(16-31-28)18-7-4-3-5-8-18)17-24(35)32-21-11-10-19-14-29(15-20(19)13-21)22-9-6-12-30-25(22)33-26(29)36/h3-13,23,31H,14-17H2,1-2H3,(H,32,35)(H,30,33,36). The maximum Gasteiger partial charge on any atom is 0.244 e. The fraction of sp³-hybridized carbons (Fsp3) is 0.310. The summed E-state index contributed by atoms with van der Waals surface area (Å²) in [5.74, 6) is 0.228. The van der Waals surface area contributed by atoms with Gasteiger partial charge in [0.1, 0.15) is 12.4 Å². The topological polar surface area (TPSA) is 103 Å². The van der Waals surface area contributed by atoms with Crippen LogP contribution in [0.2, 0.25) is 0 Å². The molecule has 2 aliphatic heterocycles. The van der Waals surface area contributed by atoms with Crippen LogP contribution < -0.4 is 16.0 Å². The van der Waals surface area contributed by atoms with E-state index in [2.05, 4.69) is 20.9 Å². The minimum absolute atomic E-state index is 0.0326. The van der Waals surface area contributed by atoms with E-state index in [0.717, 1.165) is 22.3 Å². The van der Waals surface area contributed by atoms with E-state index in [1.807, 2.05) is 74.5 Å². The van der Waals surface area contributed by atoms with Gasteiger partial charge in [-0.2, -0.15) is 0 Å². The number of anilines is 2. The summed E-state index contributed by atoms with van der Waals surface area (Å²) in [6.07, 6.45) is 2.84. The second-order valence-corrected chi connectivity index (χ2v) is 10.7. The van der Waals surface area contributed by atoms with Gasteiger partial charge < -0.3 is 20.9 Å². The van der Waals surface area contributed by atoms with Crippen LogP contribution in [0, 0.1) is 0 Å². The molecule has 8 nitrogen and oxygen atoms in total. The molecular weight excluding hydrogens is 466 g/mol. The molecule has 2 atom stereocenters. The van der Waals surface area contributed by atoms with E-state index >= 15 is 0 Å². The second kappa shape index (κ2) is 8.52. The van der Waals surface area contributed by atoms with Crippen LogP contribution in [0.15, 0.2) is 66.9 Å². The molecule has 0 bridgehead atoms. The molecule has 1 spiro atoms. The zero-order chi connectivity index (χ0) is 25.8. The van der Waals surface area contributed by atoms with E-state index in [4.69, 9.17) is 0 Å². The van der Waals surface area contributed by atoms with Crippen LogP contribution in [0.25, 0.3) is 0 Å². The summed E-state index contributed by atoms with van der Waals surface area (Å²) in [5.41, 5.74) is 3.28. The predicted octanol–water partition coefficient (Wildman–Crippen LogP) is 2.96. The highest BCUT2D eigenvalue weighted by Gasteiger charge is 2.51. The zero-order valence-corrected chi connectivity index (χ0v) is 20.9. The Bertz CT molecular complexity index is 1420. The summed E-state index contributed by atoms with van der Waals surface area (Å²) >= 11 is 0. The van der Waals surface area contributed by atoms with Gasteiger partial charge in [-0.1, -0.05) is 42.5 Å². The Morgan fingerprint density at radius 1 is 1.05 bits per heavy atom. The van der Waals surface area contributed by atoms with Gasteiger partial charge in [-0.3, -0.25) is 14.4 Å². The molecule has 1 aliphatic carbocycles. The first-order valence-corrected chi connectivity index (χ1v) is 12.6. The molecule has 3 amide bonds. The fourth-order valence-electron chi connectivity index (χ4n) is 5.89. The molecule has 188 valence electrons. The average Bonchev–Trinajstić information content (AvgIpc) is 3.40. The Hall–Kier alpha value is -4.04. The number of rotatable bonds is 4. The van der Waals surface area contributed by atoms with Gasteiger partial charge in [0.05, 0.1) is 17.0 Å². The number of carbonyl (C=O) groups excluding carboxylic acids is 3. The molecule has 8 heteroatoms. The van der Waals surface area contributed by atoms with Crippen LogP contribution in [0.3, 0.4) is 0 Å². The predicted molar refractivity (Wildman–Crippen MR) is 140 cm³/mol. The number of fused-ring (bicyclic) bond motifs is 3. The number of hydrogen-bond acceptors (Lipinski definition) is 5. The van der Waals surface area contributed by atoms with Gasteiger partial charge >= 0.3 is 0 Å². The number of nitrogens with one attached hydrogen (secondary N) is 3. The highest BCUT2D eigenvalue weighted by atomic mass is 16.2. The number of benzene rings is 2. The van der Waals surface area contributed by atoms with Crippen LogP contribution in [0.5, 0.6) is 0 Å². The first kappa shape index (κ1) is 23.4. The molecule has 3 aliphatic rings. The average molecular weight is 496 g/mol.